The number of methoxy groups -OCH3 is 1. The second kappa shape index (κ2) is 8.35. The van der Waals surface area contributed by atoms with Crippen molar-refractivity contribution in [3.8, 4) is 11.4 Å². The Morgan fingerprint density at radius 1 is 1.46 bits per heavy atom. The number of fused-ring (bicyclic) bond motifs is 1. The third-order valence-electron chi connectivity index (χ3n) is 4.48. The Morgan fingerprint density at radius 2 is 2.31 bits per heavy atom. The highest BCUT2D eigenvalue weighted by molar-refractivity contribution is 5.75. The Labute approximate surface area is 153 Å². The molecule has 8 nitrogen and oxygen atoms in total. The maximum absolute atomic E-state index is 12.5. The average Bonchev–Trinajstić information content (AvgIpc) is 3.27. The number of amides is 2. The molecule has 1 N–H and O–H groups in total. The lowest BCUT2D eigenvalue weighted by atomic mass is 10.0. The third kappa shape index (κ3) is 4.07. The van der Waals surface area contributed by atoms with E-state index in [1.807, 2.05) is 9.58 Å². The Bertz CT molecular complexity index is 724. The highest BCUT2D eigenvalue weighted by Crippen LogP contribution is 2.29. The van der Waals surface area contributed by atoms with Crippen LogP contribution in [0.2, 0.25) is 0 Å². The minimum Gasteiger partial charge on any atom is -0.451 e. The second-order valence-electron chi connectivity index (χ2n) is 6.97. The number of rotatable bonds is 7. The summed E-state index contributed by atoms with van der Waals surface area (Å²) in [4.78, 5) is 18.6. The number of aryl methyl sites for hydroxylation is 1. The molecule has 2 aromatic rings. The van der Waals surface area contributed by atoms with Gasteiger partial charge in [-0.25, -0.2) is 9.78 Å². The van der Waals surface area contributed by atoms with Gasteiger partial charge in [0.1, 0.15) is 17.7 Å². The lowest BCUT2D eigenvalue weighted by Crippen LogP contribution is -2.44. The molecule has 0 radical (unpaired) electrons. The lowest BCUT2D eigenvalue weighted by Gasteiger charge is -2.28. The van der Waals surface area contributed by atoms with Gasteiger partial charge >= 0.3 is 6.03 Å². The van der Waals surface area contributed by atoms with Crippen molar-refractivity contribution in [2.24, 2.45) is 5.92 Å². The maximum atomic E-state index is 12.5. The number of oxazole rings is 1. The summed E-state index contributed by atoms with van der Waals surface area (Å²) in [5.74, 6) is 0.425. The molecule has 0 spiro atoms. The molecule has 142 valence electrons. The van der Waals surface area contributed by atoms with Crippen molar-refractivity contribution in [3.63, 3.8) is 0 Å². The Balaban J connectivity index is 1.81. The van der Waals surface area contributed by atoms with E-state index in [4.69, 9.17) is 14.3 Å². The fourth-order valence-electron chi connectivity index (χ4n) is 3.15. The Kier molecular flexibility index (Phi) is 5.92. The molecule has 0 saturated heterocycles. The number of aromatic nitrogens is 3. The average molecular weight is 361 g/mol. The summed E-state index contributed by atoms with van der Waals surface area (Å²) in [6.45, 7) is 7.54. The van der Waals surface area contributed by atoms with Gasteiger partial charge in [-0.2, -0.15) is 5.10 Å². The summed E-state index contributed by atoms with van der Waals surface area (Å²) in [6.07, 6.45) is 4.67. The van der Waals surface area contributed by atoms with Crippen molar-refractivity contribution in [2.45, 2.75) is 39.8 Å². The summed E-state index contributed by atoms with van der Waals surface area (Å²) in [5, 5.41) is 7.75. The Hall–Kier alpha value is -2.35. The topological polar surface area (TPSA) is 85.4 Å². The quantitative estimate of drug-likeness (QED) is 0.765. The van der Waals surface area contributed by atoms with Gasteiger partial charge in [-0.15, -0.1) is 0 Å². The van der Waals surface area contributed by atoms with Crippen LogP contribution in [0.25, 0.3) is 11.4 Å². The van der Waals surface area contributed by atoms with Crippen LogP contribution >= 0.6 is 0 Å². The zero-order valence-corrected chi connectivity index (χ0v) is 15.7. The van der Waals surface area contributed by atoms with Crippen molar-refractivity contribution in [1.29, 1.82) is 0 Å². The number of urea groups is 1. The van der Waals surface area contributed by atoms with Crippen LogP contribution in [0, 0.1) is 5.92 Å². The van der Waals surface area contributed by atoms with Crippen LogP contribution in [-0.4, -0.2) is 52.5 Å². The van der Waals surface area contributed by atoms with Gasteiger partial charge in [-0.1, -0.05) is 13.8 Å². The smallest absolute Gasteiger partial charge is 0.317 e. The van der Waals surface area contributed by atoms with Crippen molar-refractivity contribution >= 4 is 6.03 Å². The molecule has 1 aliphatic heterocycles. The van der Waals surface area contributed by atoms with Crippen molar-refractivity contribution in [3.05, 3.63) is 23.9 Å². The zero-order valence-electron chi connectivity index (χ0n) is 15.7. The first kappa shape index (κ1) is 18.4. The van der Waals surface area contributed by atoms with E-state index in [0.717, 1.165) is 30.6 Å². The molecule has 3 rings (SSSR count). The molecule has 0 unspecified atom stereocenters. The van der Waals surface area contributed by atoms with E-state index < -0.39 is 0 Å². The first-order valence-corrected chi connectivity index (χ1v) is 9.09. The summed E-state index contributed by atoms with van der Waals surface area (Å²) in [7, 11) is 1.70. The van der Waals surface area contributed by atoms with Gasteiger partial charge in [0.05, 0.1) is 6.54 Å². The predicted octanol–water partition coefficient (Wildman–Crippen LogP) is 2.30. The Morgan fingerprint density at radius 3 is 3.00 bits per heavy atom. The number of carbonyl (C=O) groups is 1. The molecule has 3 heterocycles. The largest absolute Gasteiger partial charge is 0.451 e. The van der Waals surface area contributed by atoms with Gasteiger partial charge < -0.3 is 19.4 Å². The number of nitrogens with one attached hydrogen (secondary N) is 1. The van der Waals surface area contributed by atoms with Gasteiger partial charge in [-0.05, 0) is 12.3 Å². The van der Waals surface area contributed by atoms with E-state index in [-0.39, 0.29) is 6.03 Å². The molecule has 0 atom stereocenters. The van der Waals surface area contributed by atoms with Gasteiger partial charge in [0.15, 0.2) is 6.39 Å². The molecular formula is C18H27N5O3. The van der Waals surface area contributed by atoms with Crippen LogP contribution in [-0.2, 0) is 24.2 Å². The minimum absolute atomic E-state index is 0.0254. The SMILES string of the molecule is COCCCn1nc(-c2cocn2)c2c1CCN(C(=O)NCC(C)C)C2. The lowest BCUT2D eigenvalue weighted by molar-refractivity contribution is 0.186. The molecule has 0 bridgehead atoms. The van der Waals surface area contributed by atoms with Crippen molar-refractivity contribution in [2.75, 3.05) is 26.8 Å². The summed E-state index contributed by atoms with van der Waals surface area (Å²) < 4.78 is 12.3. The van der Waals surface area contributed by atoms with Crippen LogP contribution in [0.5, 0.6) is 0 Å². The van der Waals surface area contributed by atoms with Crippen molar-refractivity contribution < 1.29 is 13.9 Å². The molecule has 8 heteroatoms. The van der Waals surface area contributed by atoms with E-state index in [9.17, 15) is 4.79 Å². The van der Waals surface area contributed by atoms with Crippen molar-refractivity contribution in [1.82, 2.24) is 25.0 Å². The van der Waals surface area contributed by atoms with Gasteiger partial charge in [-0.3, -0.25) is 4.68 Å². The molecule has 2 amide bonds. The summed E-state index contributed by atoms with van der Waals surface area (Å²) >= 11 is 0. The number of carbonyl (C=O) groups excluding carboxylic acids is 1. The molecule has 26 heavy (non-hydrogen) atoms. The highest BCUT2D eigenvalue weighted by Gasteiger charge is 2.28. The van der Waals surface area contributed by atoms with Gasteiger partial charge in [0.2, 0.25) is 0 Å². The highest BCUT2D eigenvalue weighted by atomic mass is 16.5. The molecule has 0 aliphatic carbocycles. The normalized spacial score (nSPS) is 13.9. The van der Waals surface area contributed by atoms with E-state index >= 15 is 0 Å². The molecule has 2 aromatic heterocycles. The van der Waals surface area contributed by atoms with E-state index in [1.165, 1.54) is 12.1 Å². The zero-order chi connectivity index (χ0) is 18.5. The molecule has 0 fully saturated rings. The van der Waals surface area contributed by atoms with Crippen LogP contribution in [0.1, 0.15) is 31.5 Å². The van der Waals surface area contributed by atoms with Gasteiger partial charge in [0.25, 0.3) is 0 Å². The van der Waals surface area contributed by atoms with E-state index in [0.29, 0.717) is 37.9 Å². The van der Waals surface area contributed by atoms with Crippen LogP contribution in [0.4, 0.5) is 4.79 Å². The van der Waals surface area contributed by atoms with E-state index in [1.54, 1.807) is 13.4 Å². The minimum atomic E-state index is -0.0254. The number of ether oxygens (including phenoxy) is 1. The van der Waals surface area contributed by atoms with Gasteiger partial charge in [0, 0.05) is 51.0 Å². The first-order valence-electron chi connectivity index (χ1n) is 9.09. The number of hydrogen-bond donors (Lipinski definition) is 1. The molecule has 0 aromatic carbocycles. The molecule has 1 aliphatic rings. The summed E-state index contributed by atoms with van der Waals surface area (Å²) in [5.41, 5.74) is 3.73. The predicted molar refractivity (Wildman–Crippen MR) is 96.6 cm³/mol. The fourth-order valence-corrected chi connectivity index (χ4v) is 3.15. The van der Waals surface area contributed by atoms with Crippen LogP contribution in [0.3, 0.4) is 0 Å². The monoisotopic (exact) mass is 361 g/mol. The summed E-state index contributed by atoms with van der Waals surface area (Å²) in [6, 6.07) is -0.0254. The van der Waals surface area contributed by atoms with Crippen LogP contribution < -0.4 is 5.32 Å². The second-order valence-corrected chi connectivity index (χ2v) is 6.97. The fraction of sp³-hybridized carbons (Fsp3) is 0.611. The number of nitrogens with zero attached hydrogens (tertiary/aromatic N) is 4. The maximum Gasteiger partial charge on any atom is 0.317 e. The van der Waals surface area contributed by atoms with Crippen LogP contribution in [0.15, 0.2) is 17.1 Å². The molecule has 0 saturated carbocycles. The number of hydrogen-bond acceptors (Lipinski definition) is 5. The van der Waals surface area contributed by atoms with E-state index in [2.05, 4.69) is 24.1 Å². The molecular weight excluding hydrogens is 334 g/mol. The third-order valence-corrected chi connectivity index (χ3v) is 4.48. The first-order chi connectivity index (χ1) is 12.6. The standard InChI is InChI=1S/C18H27N5O3/c1-13(2)9-19-18(24)22-7-5-16-14(10-22)17(15-11-26-12-20-15)21-23(16)6-4-8-25-3/h11-13H,4-10H2,1-3H3,(H,19,24).